The summed E-state index contributed by atoms with van der Waals surface area (Å²) in [6, 6.07) is 2.81. The van der Waals surface area contributed by atoms with Crippen LogP contribution >= 0.6 is 0 Å². The first kappa shape index (κ1) is 18.6. The van der Waals surface area contributed by atoms with Gasteiger partial charge in [0.2, 0.25) is 5.43 Å². The number of carboxylic acid groups (broad SMARTS) is 1. The van der Waals surface area contributed by atoms with Gasteiger partial charge in [-0.2, -0.15) is 0 Å². The maximum Gasteiger partial charge on any atom is 0.341 e. The number of rotatable bonds is 3. The molecule has 1 aliphatic rings. The number of benzene rings is 1. The number of nitrogens with one attached hydrogen (secondary N) is 1. The summed E-state index contributed by atoms with van der Waals surface area (Å²) in [5.41, 5.74) is 0.0118. The second kappa shape index (κ2) is 7.42. The normalized spacial score (nSPS) is 14.5. The number of nitrogens with zero attached hydrogens (tertiary/aromatic N) is 2. The molecule has 2 aromatic rings. The van der Waals surface area contributed by atoms with E-state index < -0.39 is 17.2 Å². The van der Waals surface area contributed by atoms with Crippen molar-refractivity contribution < 1.29 is 34.4 Å². The van der Waals surface area contributed by atoms with Crippen LogP contribution in [0.4, 0.5) is 10.1 Å². The molecule has 1 aromatic carbocycles. The smallest absolute Gasteiger partial charge is 0.341 e. The van der Waals surface area contributed by atoms with E-state index in [1.54, 1.807) is 10.6 Å². The first-order valence-corrected chi connectivity index (χ1v) is 7.58. The molecule has 0 spiro atoms. The second-order valence-electron chi connectivity index (χ2n) is 5.52. The van der Waals surface area contributed by atoms with Gasteiger partial charge in [0, 0.05) is 64.4 Å². The number of carbonyl (C=O) groups is 1. The van der Waals surface area contributed by atoms with Gasteiger partial charge in [-0.3, -0.25) is 4.79 Å². The van der Waals surface area contributed by atoms with Crippen LogP contribution in [0.1, 0.15) is 17.3 Å². The van der Waals surface area contributed by atoms with E-state index in [1.165, 1.54) is 6.20 Å². The Balaban J connectivity index is 0.00000208. The van der Waals surface area contributed by atoms with Crippen LogP contribution in [-0.4, -0.2) is 41.8 Å². The molecule has 6 nitrogen and oxygen atoms in total. The van der Waals surface area contributed by atoms with Crippen LogP contribution in [0.25, 0.3) is 10.9 Å². The fraction of sp³-hybridized carbons (Fsp3) is 0.375. The minimum Gasteiger partial charge on any atom is -0.477 e. The predicted octanol–water partition coefficient (Wildman–Crippen LogP) is 1.27. The third-order valence-corrected chi connectivity index (χ3v) is 4.18. The van der Waals surface area contributed by atoms with Crippen LogP contribution in [-0.2, 0) is 26.7 Å². The molecular formula is C16H18FN3O3Tc. The molecule has 1 radical (unpaired) electrons. The second-order valence-corrected chi connectivity index (χ2v) is 5.52. The number of aryl methyl sites for hydroxylation is 1. The molecular weight excluding hydrogens is 400 g/mol. The zero-order valence-corrected chi connectivity index (χ0v) is 15.0. The quantitative estimate of drug-likeness (QED) is 0.786. The number of hydrogen-bond acceptors (Lipinski definition) is 4. The first-order chi connectivity index (χ1) is 11.0. The average molecular weight is 418 g/mol. The standard InChI is InChI=1S/C16H18FN3O3.Tc/c1-2-19-9-11(16(22)23)15(21)10-7-12(17)14(8-13(10)19)20-5-3-18-4-6-20;/h7-9,18H,2-6H2,1H3,(H,22,23);/i;1+1. The Labute approximate surface area is 151 Å². The number of pyridine rings is 1. The SMILES string of the molecule is CCn1cc(C(=O)O)c(=O)c2cc(F)c(N3CCNCC3)cc21.[99Tc]. The van der Waals surface area contributed by atoms with E-state index in [1.807, 2.05) is 11.8 Å². The van der Waals surface area contributed by atoms with Gasteiger partial charge in [0.05, 0.1) is 11.2 Å². The number of hydrogen-bond donors (Lipinski definition) is 2. The third-order valence-electron chi connectivity index (χ3n) is 4.18. The molecule has 1 saturated heterocycles. The maximum absolute atomic E-state index is 14.5. The fourth-order valence-electron chi connectivity index (χ4n) is 2.96. The number of aromatic nitrogens is 1. The van der Waals surface area contributed by atoms with Crippen molar-refractivity contribution in [3.8, 4) is 0 Å². The van der Waals surface area contributed by atoms with Crippen molar-refractivity contribution in [3.05, 3.63) is 39.9 Å². The zero-order chi connectivity index (χ0) is 16.6. The molecule has 0 saturated carbocycles. The van der Waals surface area contributed by atoms with Crippen molar-refractivity contribution >= 4 is 22.6 Å². The summed E-state index contributed by atoms with van der Waals surface area (Å²) in [7, 11) is 0. The van der Waals surface area contributed by atoms with Gasteiger partial charge in [0.25, 0.3) is 0 Å². The Morgan fingerprint density at radius 1 is 1.33 bits per heavy atom. The number of aromatic carboxylic acids is 1. The summed E-state index contributed by atoms with van der Waals surface area (Å²) in [4.78, 5) is 25.4. The molecule has 24 heavy (non-hydrogen) atoms. The average Bonchev–Trinajstić information content (AvgIpc) is 2.55. The summed E-state index contributed by atoms with van der Waals surface area (Å²) in [5.74, 6) is -1.80. The van der Waals surface area contributed by atoms with Gasteiger partial charge >= 0.3 is 5.97 Å². The molecule has 0 atom stereocenters. The topological polar surface area (TPSA) is 74.6 Å². The number of carboxylic acids is 1. The molecule has 0 unspecified atom stereocenters. The van der Waals surface area contributed by atoms with E-state index in [0.717, 1.165) is 19.2 Å². The molecule has 0 bridgehead atoms. The summed E-state index contributed by atoms with van der Waals surface area (Å²) in [5, 5.41) is 12.5. The van der Waals surface area contributed by atoms with Gasteiger partial charge in [-0.15, -0.1) is 0 Å². The predicted molar refractivity (Wildman–Crippen MR) is 85.9 cm³/mol. The van der Waals surface area contributed by atoms with Crippen LogP contribution in [0.5, 0.6) is 0 Å². The molecule has 0 amide bonds. The Hall–Kier alpha value is -1.76. The van der Waals surface area contributed by atoms with Gasteiger partial charge in [-0.05, 0) is 19.1 Å². The van der Waals surface area contributed by atoms with Gasteiger partial charge in [-0.1, -0.05) is 0 Å². The van der Waals surface area contributed by atoms with Crippen molar-refractivity contribution in [2.45, 2.75) is 13.5 Å². The van der Waals surface area contributed by atoms with Crippen LogP contribution in [0.3, 0.4) is 0 Å². The fourth-order valence-corrected chi connectivity index (χ4v) is 2.96. The van der Waals surface area contributed by atoms with Gasteiger partial charge < -0.3 is 19.9 Å². The Morgan fingerprint density at radius 2 is 2.00 bits per heavy atom. The molecule has 2 N–H and O–H groups in total. The van der Waals surface area contributed by atoms with E-state index in [0.29, 0.717) is 30.8 Å². The number of anilines is 1. The Kier molecular flexibility index (Phi) is 5.74. The Bertz CT molecular complexity index is 831. The van der Waals surface area contributed by atoms with Crippen molar-refractivity contribution in [1.29, 1.82) is 0 Å². The summed E-state index contributed by atoms with van der Waals surface area (Å²) >= 11 is 0. The minimum atomic E-state index is -1.30. The Morgan fingerprint density at radius 3 is 2.58 bits per heavy atom. The van der Waals surface area contributed by atoms with E-state index in [-0.39, 0.29) is 31.1 Å². The van der Waals surface area contributed by atoms with Crippen molar-refractivity contribution in [2.24, 2.45) is 0 Å². The molecule has 8 heteroatoms. The molecule has 2 heterocycles. The monoisotopic (exact) mass is 418 g/mol. The van der Waals surface area contributed by atoms with Crippen molar-refractivity contribution in [1.82, 2.24) is 9.88 Å². The van der Waals surface area contributed by atoms with Crippen LogP contribution < -0.4 is 15.6 Å². The molecule has 129 valence electrons. The molecule has 1 aromatic heterocycles. The van der Waals surface area contributed by atoms with Crippen LogP contribution in [0.2, 0.25) is 0 Å². The van der Waals surface area contributed by atoms with E-state index in [9.17, 15) is 14.0 Å². The number of halogens is 1. The number of fused-ring (bicyclic) bond motifs is 1. The van der Waals surface area contributed by atoms with E-state index in [4.69, 9.17) is 5.11 Å². The van der Waals surface area contributed by atoms with E-state index in [2.05, 4.69) is 5.32 Å². The van der Waals surface area contributed by atoms with Crippen LogP contribution in [0, 0.1) is 5.82 Å². The summed E-state index contributed by atoms with van der Waals surface area (Å²) in [6.07, 6.45) is 1.33. The van der Waals surface area contributed by atoms with Crippen molar-refractivity contribution in [3.63, 3.8) is 0 Å². The largest absolute Gasteiger partial charge is 0.477 e. The van der Waals surface area contributed by atoms with Crippen molar-refractivity contribution in [2.75, 3.05) is 31.1 Å². The molecule has 0 aliphatic carbocycles. The maximum atomic E-state index is 14.5. The van der Waals surface area contributed by atoms with E-state index >= 15 is 0 Å². The third kappa shape index (κ3) is 3.22. The summed E-state index contributed by atoms with van der Waals surface area (Å²) < 4.78 is 16.2. The zero-order valence-electron chi connectivity index (χ0n) is 13.2. The molecule has 1 fully saturated rings. The molecule has 3 rings (SSSR count). The van der Waals surface area contributed by atoms with Gasteiger partial charge in [0.15, 0.2) is 0 Å². The van der Waals surface area contributed by atoms with Gasteiger partial charge in [-0.25, -0.2) is 9.18 Å². The summed E-state index contributed by atoms with van der Waals surface area (Å²) in [6.45, 7) is 5.26. The van der Waals surface area contributed by atoms with Gasteiger partial charge in [0.1, 0.15) is 11.4 Å². The molecule has 1 aliphatic heterocycles. The first-order valence-electron chi connectivity index (χ1n) is 7.58. The van der Waals surface area contributed by atoms with Crippen LogP contribution in [0.15, 0.2) is 23.1 Å². The number of piperazine rings is 1. The minimum absolute atomic E-state index is 0.